The third-order valence-electron chi connectivity index (χ3n) is 4.82. The van der Waals surface area contributed by atoms with Crippen molar-refractivity contribution in [1.29, 1.82) is 0 Å². The summed E-state index contributed by atoms with van der Waals surface area (Å²) >= 11 is 5.03. The zero-order chi connectivity index (χ0) is 19.1. The van der Waals surface area contributed by atoms with Gasteiger partial charge in [0.15, 0.2) is 0 Å². The number of hydrogen-bond acceptors (Lipinski definition) is 4. The molecule has 27 heavy (non-hydrogen) atoms. The number of thiophene rings is 1. The van der Waals surface area contributed by atoms with Gasteiger partial charge in [-0.05, 0) is 71.6 Å². The molecule has 6 heteroatoms. The SMILES string of the molecule is CCOc1ccc(C2(CNC(=O)/C=C/c3ccc(Br)s3)CCOCC2)cc1. The Bertz CT molecular complexity index is 779. The second-order valence-electron chi connectivity index (χ2n) is 6.54. The number of carbonyl (C=O) groups is 1. The quantitative estimate of drug-likeness (QED) is 0.618. The first kappa shape index (κ1) is 20.1. The Morgan fingerprint density at radius 3 is 2.63 bits per heavy atom. The lowest BCUT2D eigenvalue weighted by Crippen LogP contribution is -2.44. The molecule has 3 rings (SSSR count). The van der Waals surface area contributed by atoms with Gasteiger partial charge in [0.1, 0.15) is 5.75 Å². The number of carbonyl (C=O) groups excluding carboxylic acids is 1. The number of ether oxygens (including phenoxy) is 2. The summed E-state index contributed by atoms with van der Waals surface area (Å²) < 4.78 is 12.2. The Hall–Kier alpha value is -1.63. The van der Waals surface area contributed by atoms with Crippen molar-refractivity contribution in [3.8, 4) is 5.75 Å². The molecule has 0 atom stereocenters. The van der Waals surface area contributed by atoms with Crippen LogP contribution in [-0.2, 0) is 14.9 Å². The maximum absolute atomic E-state index is 12.3. The monoisotopic (exact) mass is 449 g/mol. The van der Waals surface area contributed by atoms with Crippen LogP contribution in [0.25, 0.3) is 6.08 Å². The fourth-order valence-corrected chi connectivity index (χ4v) is 4.62. The molecule has 1 fully saturated rings. The van der Waals surface area contributed by atoms with Crippen molar-refractivity contribution >= 4 is 39.2 Å². The topological polar surface area (TPSA) is 47.6 Å². The van der Waals surface area contributed by atoms with Gasteiger partial charge in [0, 0.05) is 36.1 Å². The molecule has 0 spiro atoms. The normalized spacial score (nSPS) is 16.4. The van der Waals surface area contributed by atoms with Crippen LogP contribution in [0.2, 0.25) is 0 Å². The molecular weight excluding hydrogens is 426 g/mol. The molecule has 1 amide bonds. The Kier molecular flexibility index (Phi) is 7.10. The van der Waals surface area contributed by atoms with Gasteiger partial charge in [0.25, 0.3) is 0 Å². The molecule has 1 aliphatic rings. The number of amides is 1. The van der Waals surface area contributed by atoms with Crippen molar-refractivity contribution in [2.75, 3.05) is 26.4 Å². The highest BCUT2D eigenvalue weighted by molar-refractivity contribution is 9.11. The molecule has 0 bridgehead atoms. The lowest BCUT2D eigenvalue weighted by atomic mass is 9.74. The van der Waals surface area contributed by atoms with E-state index in [1.165, 1.54) is 5.56 Å². The molecule has 1 aliphatic heterocycles. The van der Waals surface area contributed by atoms with Crippen LogP contribution in [0.15, 0.2) is 46.3 Å². The predicted molar refractivity (Wildman–Crippen MR) is 113 cm³/mol. The third kappa shape index (κ3) is 5.43. The molecule has 0 unspecified atom stereocenters. The number of halogens is 1. The molecule has 1 saturated heterocycles. The zero-order valence-corrected chi connectivity index (χ0v) is 17.8. The minimum atomic E-state index is -0.0988. The van der Waals surface area contributed by atoms with E-state index >= 15 is 0 Å². The highest BCUT2D eigenvalue weighted by atomic mass is 79.9. The highest BCUT2D eigenvalue weighted by Gasteiger charge is 2.34. The maximum Gasteiger partial charge on any atom is 0.244 e. The van der Waals surface area contributed by atoms with E-state index in [1.54, 1.807) is 17.4 Å². The Morgan fingerprint density at radius 1 is 1.26 bits per heavy atom. The third-order valence-corrected chi connectivity index (χ3v) is 6.41. The summed E-state index contributed by atoms with van der Waals surface area (Å²) in [6.07, 6.45) is 5.23. The van der Waals surface area contributed by atoms with Gasteiger partial charge in [0.05, 0.1) is 10.4 Å². The van der Waals surface area contributed by atoms with Gasteiger partial charge in [-0.3, -0.25) is 4.79 Å². The Balaban J connectivity index is 1.67. The van der Waals surface area contributed by atoms with Gasteiger partial charge < -0.3 is 14.8 Å². The van der Waals surface area contributed by atoms with Crippen LogP contribution in [0, 0.1) is 0 Å². The molecule has 0 radical (unpaired) electrons. The van der Waals surface area contributed by atoms with E-state index in [2.05, 4.69) is 33.4 Å². The minimum Gasteiger partial charge on any atom is -0.494 e. The van der Waals surface area contributed by atoms with Gasteiger partial charge in [-0.2, -0.15) is 0 Å². The van der Waals surface area contributed by atoms with Crippen LogP contribution in [0.5, 0.6) is 5.75 Å². The van der Waals surface area contributed by atoms with Crippen molar-refractivity contribution in [3.05, 3.63) is 56.7 Å². The average Bonchev–Trinajstić information content (AvgIpc) is 3.11. The number of hydrogen-bond donors (Lipinski definition) is 1. The average molecular weight is 450 g/mol. The van der Waals surface area contributed by atoms with Crippen molar-refractivity contribution in [2.45, 2.75) is 25.2 Å². The van der Waals surface area contributed by atoms with Gasteiger partial charge in [-0.25, -0.2) is 0 Å². The molecule has 0 saturated carbocycles. The fraction of sp³-hybridized carbons (Fsp3) is 0.381. The second-order valence-corrected chi connectivity index (χ2v) is 9.04. The summed E-state index contributed by atoms with van der Waals surface area (Å²) in [5.74, 6) is 0.800. The van der Waals surface area contributed by atoms with Crippen molar-refractivity contribution < 1.29 is 14.3 Å². The summed E-state index contributed by atoms with van der Waals surface area (Å²) in [6.45, 7) is 4.65. The molecule has 0 aliphatic carbocycles. The van der Waals surface area contributed by atoms with Crippen molar-refractivity contribution in [1.82, 2.24) is 5.32 Å². The largest absolute Gasteiger partial charge is 0.494 e. The number of benzene rings is 1. The summed E-state index contributed by atoms with van der Waals surface area (Å²) in [5, 5.41) is 3.09. The van der Waals surface area contributed by atoms with E-state index in [9.17, 15) is 4.79 Å². The highest BCUT2D eigenvalue weighted by Crippen LogP contribution is 2.35. The van der Waals surface area contributed by atoms with Gasteiger partial charge in [-0.15, -0.1) is 11.3 Å². The van der Waals surface area contributed by atoms with Crippen molar-refractivity contribution in [3.63, 3.8) is 0 Å². The number of rotatable bonds is 7. The van der Waals surface area contributed by atoms with E-state index in [-0.39, 0.29) is 11.3 Å². The molecule has 2 aromatic rings. The minimum absolute atomic E-state index is 0.0728. The predicted octanol–water partition coefficient (Wildman–Crippen LogP) is 4.79. The summed E-state index contributed by atoms with van der Waals surface area (Å²) in [5.41, 5.74) is 1.12. The van der Waals surface area contributed by atoms with E-state index in [0.717, 1.165) is 27.3 Å². The van der Waals surface area contributed by atoms with Crippen LogP contribution in [0.1, 0.15) is 30.2 Å². The Morgan fingerprint density at radius 2 is 2.00 bits per heavy atom. The molecule has 1 N–H and O–H groups in total. The molecular formula is C21H24BrNO3S. The summed E-state index contributed by atoms with van der Waals surface area (Å²) in [4.78, 5) is 13.4. The Labute approximate surface area is 172 Å². The van der Waals surface area contributed by atoms with E-state index in [1.807, 2.05) is 37.3 Å². The van der Waals surface area contributed by atoms with E-state index in [0.29, 0.717) is 26.4 Å². The van der Waals surface area contributed by atoms with Gasteiger partial charge >= 0.3 is 0 Å². The standard InChI is InChI=1S/C21H24BrNO3S/c1-2-26-17-5-3-16(4-6-17)21(11-13-25-14-12-21)15-23-20(24)10-8-18-7-9-19(22)27-18/h3-10H,2,11-15H2,1H3,(H,23,24)/b10-8+. The van der Waals surface area contributed by atoms with Crippen LogP contribution in [-0.4, -0.2) is 32.3 Å². The van der Waals surface area contributed by atoms with E-state index in [4.69, 9.17) is 9.47 Å². The lowest BCUT2D eigenvalue weighted by Gasteiger charge is -2.38. The van der Waals surface area contributed by atoms with E-state index < -0.39 is 0 Å². The number of nitrogens with one attached hydrogen (secondary N) is 1. The molecule has 1 aromatic carbocycles. The van der Waals surface area contributed by atoms with Crippen LogP contribution in [0.4, 0.5) is 0 Å². The summed E-state index contributed by atoms with van der Waals surface area (Å²) in [6, 6.07) is 12.2. The van der Waals surface area contributed by atoms with Crippen LogP contribution in [0.3, 0.4) is 0 Å². The second kappa shape index (κ2) is 9.53. The first-order chi connectivity index (χ1) is 13.1. The zero-order valence-electron chi connectivity index (χ0n) is 15.4. The van der Waals surface area contributed by atoms with Gasteiger partial charge in [0.2, 0.25) is 5.91 Å². The fourth-order valence-electron chi connectivity index (χ4n) is 3.29. The molecule has 1 aromatic heterocycles. The maximum atomic E-state index is 12.3. The summed E-state index contributed by atoms with van der Waals surface area (Å²) in [7, 11) is 0. The van der Waals surface area contributed by atoms with Gasteiger partial charge in [-0.1, -0.05) is 12.1 Å². The molecule has 4 nitrogen and oxygen atoms in total. The first-order valence-electron chi connectivity index (χ1n) is 9.14. The molecule has 2 heterocycles. The smallest absolute Gasteiger partial charge is 0.244 e. The first-order valence-corrected chi connectivity index (χ1v) is 10.7. The molecule has 144 valence electrons. The lowest BCUT2D eigenvalue weighted by molar-refractivity contribution is -0.116. The van der Waals surface area contributed by atoms with Crippen molar-refractivity contribution in [2.24, 2.45) is 0 Å². The van der Waals surface area contributed by atoms with Crippen LogP contribution < -0.4 is 10.1 Å². The van der Waals surface area contributed by atoms with Crippen LogP contribution >= 0.6 is 27.3 Å².